The molecular formula is C11H11ClN4S. The van der Waals surface area contributed by atoms with Crippen LogP contribution in [-0.4, -0.2) is 9.97 Å². The van der Waals surface area contributed by atoms with Crippen LogP contribution < -0.4 is 11.5 Å². The standard InChI is InChI=1S/C11H11ClN4S/c1-6-5-15-11(10(14)16-6)17-8-4-2-3-7(13)9(8)12/h2-5H,13H2,1H3,(H2,14,16). The Morgan fingerprint density at radius 2 is 2.06 bits per heavy atom. The Balaban J connectivity index is 2.35. The number of nitrogen functional groups attached to an aromatic ring is 2. The van der Waals surface area contributed by atoms with Gasteiger partial charge in [-0.2, -0.15) is 0 Å². The number of aromatic nitrogens is 2. The highest BCUT2D eigenvalue weighted by molar-refractivity contribution is 7.99. The average molecular weight is 267 g/mol. The van der Waals surface area contributed by atoms with Gasteiger partial charge in [-0.05, 0) is 19.1 Å². The molecular weight excluding hydrogens is 256 g/mol. The highest BCUT2D eigenvalue weighted by atomic mass is 35.5. The van der Waals surface area contributed by atoms with Gasteiger partial charge in [0.1, 0.15) is 5.03 Å². The lowest BCUT2D eigenvalue weighted by atomic mass is 10.3. The molecule has 0 aliphatic rings. The minimum atomic E-state index is 0.397. The van der Waals surface area contributed by atoms with Gasteiger partial charge in [-0.15, -0.1) is 0 Å². The van der Waals surface area contributed by atoms with Crippen molar-refractivity contribution in [2.24, 2.45) is 0 Å². The lowest BCUT2D eigenvalue weighted by Gasteiger charge is -2.07. The zero-order valence-corrected chi connectivity index (χ0v) is 10.7. The lowest BCUT2D eigenvalue weighted by molar-refractivity contribution is 1.03. The van der Waals surface area contributed by atoms with Crippen LogP contribution in [0.3, 0.4) is 0 Å². The van der Waals surface area contributed by atoms with Crippen molar-refractivity contribution in [1.29, 1.82) is 0 Å². The van der Waals surface area contributed by atoms with E-state index in [1.165, 1.54) is 11.8 Å². The summed E-state index contributed by atoms with van der Waals surface area (Å²) in [6, 6.07) is 5.45. The molecule has 88 valence electrons. The minimum Gasteiger partial charge on any atom is -0.397 e. The van der Waals surface area contributed by atoms with E-state index in [2.05, 4.69) is 9.97 Å². The van der Waals surface area contributed by atoms with Crippen molar-refractivity contribution in [2.45, 2.75) is 16.8 Å². The SMILES string of the molecule is Cc1cnc(Sc2cccc(N)c2Cl)c(N)n1. The molecule has 0 bridgehead atoms. The average Bonchev–Trinajstić information content (AvgIpc) is 2.28. The second kappa shape index (κ2) is 4.81. The van der Waals surface area contributed by atoms with Gasteiger partial charge >= 0.3 is 0 Å². The summed E-state index contributed by atoms with van der Waals surface area (Å²) in [5.74, 6) is 0.397. The number of halogens is 1. The Hall–Kier alpha value is -1.46. The van der Waals surface area contributed by atoms with Gasteiger partial charge in [-0.1, -0.05) is 29.4 Å². The van der Waals surface area contributed by atoms with Gasteiger partial charge in [0.15, 0.2) is 5.82 Å². The molecule has 0 aliphatic heterocycles. The Bertz CT molecular complexity index is 559. The fraction of sp³-hybridized carbons (Fsp3) is 0.0909. The Morgan fingerprint density at radius 1 is 1.29 bits per heavy atom. The molecule has 0 aliphatic carbocycles. The van der Waals surface area contributed by atoms with Crippen molar-refractivity contribution in [3.8, 4) is 0 Å². The third kappa shape index (κ3) is 2.62. The van der Waals surface area contributed by atoms with Crippen LogP contribution in [0.4, 0.5) is 11.5 Å². The maximum atomic E-state index is 6.09. The van der Waals surface area contributed by atoms with Gasteiger partial charge in [-0.25, -0.2) is 9.97 Å². The molecule has 1 aromatic carbocycles. The first-order chi connectivity index (χ1) is 8.08. The van der Waals surface area contributed by atoms with Crippen molar-refractivity contribution < 1.29 is 0 Å². The Labute approximate surface area is 108 Å². The van der Waals surface area contributed by atoms with E-state index in [4.69, 9.17) is 23.1 Å². The van der Waals surface area contributed by atoms with Gasteiger partial charge in [0.2, 0.25) is 0 Å². The summed E-state index contributed by atoms with van der Waals surface area (Å²) < 4.78 is 0. The van der Waals surface area contributed by atoms with E-state index in [1.807, 2.05) is 19.1 Å². The number of hydrogen-bond acceptors (Lipinski definition) is 5. The summed E-state index contributed by atoms with van der Waals surface area (Å²) in [4.78, 5) is 9.18. The van der Waals surface area contributed by atoms with Crippen molar-refractivity contribution in [1.82, 2.24) is 9.97 Å². The molecule has 0 atom stereocenters. The summed E-state index contributed by atoms with van der Waals surface area (Å²) in [7, 11) is 0. The maximum absolute atomic E-state index is 6.09. The number of nitrogens with zero attached hydrogens (tertiary/aromatic N) is 2. The normalized spacial score (nSPS) is 10.5. The predicted octanol–water partition coefficient (Wildman–Crippen LogP) is 2.75. The van der Waals surface area contributed by atoms with E-state index in [9.17, 15) is 0 Å². The summed E-state index contributed by atoms with van der Waals surface area (Å²) in [6.45, 7) is 1.84. The molecule has 0 saturated heterocycles. The lowest BCUT2D eigenvalue weighted by Crippen LogP contribution is -1.97. The molecule has 0 spiro atoms. The molecule has 0 radical (unpaired) electrons. The molecule has 4 N–H and O–H groups in total. The zero-order valence-electron chi connectivity index (χ0n) is 9.14. The smallest absolute Gasteiger partial charge is 0.156 e. The minimum absolute atomic E-state index is 0.397. The fourth-order valence-electron chi connectivity index (χ4n) is 1.27. The van der Waals surface area contributed by atoms with Gasteiger partial charge in [0.25, 0.3) is 0 Å². The summed E-state index contributed by atoms with van der Waals surface area (Å²) in [5, 5.41) is 1.14. The molecule has 0 unspecified atom stereocenters. The molecule has 0 amide bonds. The van der Waals surface area contributed by atoms with Crippen LogP contribution in [0, 0.1) is 6.92 Å². The van der Waals surface area contributed by atoms with Crippen LogP contribution >= 0.6 is 23.4 Å². The third-order valence-corrected chi connectivity index (χ3v) is 3.69. The van der Waals surface area contributed by atoms with Gasteiger partial charge in [0, 0.05) is 11.1 Å². The number of anilines is 2. The highest BCUT2D eigenvalue weighted by Gasteiger charge is 2.09. The van der Waals surface area contributed by atoms with Crippen LogP contribution in [0.1, 0.15) is 5.69 Å². The Kier molecular flexibility index (Phi) is 3.40. The molecule has 17 heavy (non-hydrogen) atoms. The van der Waals surface area contributed by atoms with E-state index in [0.717, 1.165) is 10.6 Å². The predicted molar refractivity (Wildman–Crippen MR) is 71.2 cm³/mol. The largest absolute Gasteiger partial charge is 0.397 e. The molecule has 4 nitrogen and oxygen atoms in total. The summed E-state index contributed by atoms with van der Waals surface area (Å²) in [6.07, 6.45) is 1.67. The molecule has 2 rings (SSSR count). The van der Waals surface area contributed by atoms with Crippen molar-refractivity contribution in [3.63, 3.8) is 0 Å². The molecule has 2 aromatic rings. The number of hydrogen-bond donors (Lipinski definition) is 2. The van der Waals surface area contributed by atoms with Crippen LogP contribution in [-0.2, 0) is 0 Å². The summed E-state index contributed by atoms with van der Waals surface area (Å²) >= 11 is 7.45. The number of benzene rings is 1. The summed E-state index contributed by atoms with van der Waals surface area (Å²) in [5.41, 5.74) is 12.8. The molecule has 1 aromatic heterocycles. The maximum Gasteiger partial charge on any atom is 0.156 e. The number of aryl methyl sites for hydroxylation is 1. The van der Waals surface area contributed by atoms with Gasteiger partial charge in [0.05, 0.1) is 16.4 Å². The topological polar surface area (TPSA) is 77.8 Å². The quantitative estimate of drug-likeness (QED) is 0.817. The monoisotopic (exact) mass is 266 g/mol. The zero-order chi connectivity index (χ0) is 12.4. The van der Waals surface area contributed by atoms with Crippen molar-refractivity contribution in [2.75, 3.05) is 11.5 Å². The van der Waals surface area contributed by atoms with E-state index >= 15 is 0 Å². The highest BCUT2D eigenvalue weighted by Crippen LogP contribution is 2.36. The second-order valence-corrected chi connectivity index (χ2v) is 4.87. The van der Waals surface area contributed by atoms with E-state index in [1.54, 1.807) is 12.3 Å². The second-order valence-electron chi connectivity index (χ2n) is 3.46. The van der Waals surface area contributed by atoms with E-state index in [-0.39, 0.29) is 0 Å². The van der Waals surface area contributed by atoms with E-state index in [0.29, 0.717) is 21.6 Å². The van der Waals surface area contributed by atoms with Crippen molar-refractivity contribution >= 4 is 34.9 Å². The first-order valence-corrected chi connectivity index (χ1v) is 6.08. The molecule has 0 fully saturated rings. The number of rotatable bonds is 2. The fourth-order valence-corrected chi connectivity index (χ4v) is 2.33. The molecule has 6 heteroatoms. The first-order valence-electron chi connectivity index (χ1n) is 4.89. The number of nitrogens with two attached hydrogens (primary N) is 2. The molecule has 0 saturated carbocycles. The van der Waals surface area contributed by atoms with Crippen LogP contribution in [0.2, 0.25) is 5.02 Å². The van der Waals surface area contributed by atoms with Gasteiger partial charge in [-0.3, -0.25) is 0 Å². The molecule has 1 heterocycles. The van der Waals surface area contributed by atoms with Crippen LogP contribution in [0.15, 0.2) is 34.3 Å². The third-order valence-electron chi connectivity index (χ3n) is 2.08. The van der Waals surface area contributed by atoms with Gasteiger partial charge < -0.3 is 11.5 Å². The van der Waals surface area contributed by atoms with Crippen LogP contribution in [0.25, 0.3) is 0 Å². The Morgan fingerprint density at radius 3 is 2.76 bits per heavy atom. The first kappa shape index (κ1) is 12.0. The van der Waals surface area contributed by atoms with E-state index < -0.39 is 0 Å². The van der Waals surface area contributed by atoms with Crippen LogP contribution in [0.5, 0.6) is 0 Å². The van der Waals surface area contributed by atoms with Crippen molar-refractivity contribution in [3.05, 3.63) is 35.1 Å².